The number of carbonyl (C=O) groups excluding carboxylic acids is 2. The van der Waals surface area contributed by atoms with Crippen molar-refractivity contribution in [1.82, 2.24) is 9.47 Å². The Morgan fingerprint density at radius 2 is 1.78 bits per heavy atom. The number of rotatable bonds is 5. The summed E-state index contributed by atoms with van der Waals surface area (Å²) in [5.74, 6) is -0.904. The zero-order valence-corrected chi connectivity index (χ0v) is 20.7. The minimum Gasteiger partial charge on any atom is -0.340 e. The molecule has 0 atom stereocenters. The van der Waals surface area contributed by atoms with Crippen molar-refractivity contribution in [2.75, 3.05) is 0 Å². The Balaban J connectivity index is 1.52. The van der Waals surface area contributed by atoms with Crippen LogP contribution in [0.4, 0.5) is 9.18 Å². The van der Waals surface area contributed by atoms with Gasteiger partial charge in [0.2, 0.25) is 0 Å². The van der Waals surface area contributed by atoms with E-state index in [2.05, 4.69) is 10.6 Å². The van der Waals surface area contributed by atoms with Gasteiger partial charge in [0.15, 0.2) is 0 Å². The zero-order chi connectivity index (χ0) is 25.4. The first-order valence-corrected chi connectivity index (χ1v) is 12.3. The summed E-state index contributed by atoms with van der Waals surface area (Å²) in [4.78, 5) is 27.3. The summed E-state index contributed by atoms with van der Waals surface area (Å²) >= 11 is 6.98. The third kappa shape index (κ3) is 4.30. The van der Waals surface area contributed by atoms with Crippen molar-refractivity contribution in [3.63, 3.8) is 0 Å². The van der Waals surface area contributed by atoms with E-state index in [1.54, 1.807) is 12.1 Å². The number of carbonyl (C=O) groups is 2. The van der Waals surface area contributed by atoms with Crippen LogP contribution in [0.3, 0.4) is 0 Å². The number of hydrogen-bond donors (Lipinski definition) is 0. The fourth-order valence-electron chi connectivity index (χ4n) is 4.37. The van der Waals surface area contributed by atoms with E-state index in [-0.39, 0.29) is 11.6 Å². The molecule has 2 amide bonds. The highest BCUT2D eigenvalue weighted by Gasteiger charge is 2.35. The molecule has 3 aromatic carbocycles. The van der Waals surface area contributed by atoms with Gasteiger partial charge in [-0.25, -0.2) is 4.39 Å². The molecular formula is C28H19ClFN3O2S. The predicted octanol–water partition coefficient (Wildman–Crippen LogP) is 6.90. The number of amides is 2. The molecule has 8 heteroatoms. The maximum absolute atomic E-state index is 13.4. The van der Waals surface area contributed by atoms with Crippen LogP contribution >= 0.6 is 23.4 Å². The summed E-state index contributed by atoms with van der Waals surface area (Å²) < 4.78 is 15.5. The van der Waals surface area contributed by atoms with E-state index in [9.17, 15) is 19.2 Å². The fraction of sp³-hybridized carbons (Fsp3) is 0.107. The maximum Gasteiger partial charge on any atom is 0.293 e. The molecule has 4 aromatic rings. The van der Waals surface area contributed by atoms with Crippen LogP contribution in [0.1, 0.15) is 27.9 Å². The smallest absolute Gasteiger partial charge is 0.293 e. The molecule has 0 N–H and O–H groups in total. The molecule has 0 spiro atoms. The Hall–Kier alpha value is -3.86. The third-order valence-corrected chi connectivity index (χ3v) is 7.50. The molecular weight excluding hydrogens is 497 g/mol. The van der Waals surface area contributed by atoms with Crippen LogP contribution in [0.15, 0.2) is 71.6 Å². The minimum atomic E-state index is -0.484. The molecule has 0 unspecified atom stereocenters. The van der Waals surface area contributed by atoms with E-state index in [4.69, 9.17) is 11.6 Å². The first-order chi connectivity index (χ1) is 17.4. The van der Waals surface area contributed by atoms with E-state index >= 15 is 0 Å². The molecule has 1 saturated heterocycles. The van der Waals surface area contributed by atoms with E-state index < -0.39 is 17.0 Å². The monoisotopic (exact) mass is 515 g/mol. The molecule has 1 aliphatic heterocycles. The number of benzene rings is 3. The maximum atomic E-state index is 13.4. The van der Waals surface area contributed by atoms with Crippen LogP contribution in [-0.4, -0.2) is 20.6 Å². The number of aromatic nitrogens is 1. The van der Waals surface area contributed by atoms with Crippen LogP contribution < -0.4 is 0 Å². The lowest BCUT2D eigenvalue weighted by Gasteiger charge is -2.13. The van der Waals surface area contributed by atoms with E-state index in [1.807, 2.05) is 49.4 Å². The molecule has 0 aliphatic carbocycles. The summed E-state index contributed by atoms with van der Waals surface area (Å²) in [6.45, 7) is 2.42. The summed E-state index contributed by atoms with van der Waals surface area (Å²) in [6.07, 6.45) is 1.75. The largest absolute Gasteiger partial charge is 0.340 e. The van der Waals surface area contributed by atoms with E-state index in [1.165, 1.54) is 12.1 Å². The SMILES string of the molecule is Cc1c(/C=C2/SC(=O)N(Cc3ccc(F)cc3Cl)C2=O)c2ccccc2n1Cc1ccccc1C#N. The number of para-hydroxylation sites is 1. The van der Waals surface area contributed by atoms with Crippen molar-refractivity contribution in [2.45, 2.75) is 20.0 Å². The highest BCUT2D eigenvalue weighted by atomic mass is 35.5. The van der Waals surface area contributed by atoms with Crippen LogP contribution in [0.5, 0.6) is 0 Å². The normalized spacial score (nSPS) is 14.7. The van der Waals surface area contributed by atoms with Crippen molar-refractivity contribution < 1.29 is 14.0 Å². The Labute approximate surface area is 216 Å². The predicted molar refractivity (Wildman–Crippen MR) is 140 cm³/mol. The van der Waals surface area contributed by atoms with Gasteiger partial charge in [0.25, 0.3) is 11.1 Å². The van der Waals surface area contributed by atoms with Gasteiger partial charge >= 0.3 is 0 Å². The molecule has 0 bridgehead atoms. The number of nitriles is 1. The number of halogens is 2. The van der Waals surface area contributed by atoms with Crippen LogP contribution in [0.2, 0.25) is 5.02 Å². The summed E-state index contributed by atoms with van der Waals surface area (Å²) in [7, 11) is 0. The van der Waals surface area contributed by atoms with Gasteiger partial charge < -0.3 is 4.57 Å². The molecule has 1 aliphatic rings. The molecule has 5 rings (SSSR count). The summed E-state index contributed by atoms with van der Waals surface area (Å²) in [6, 6.07) is 21.4. The van der Waals surface area contributed by atoms with Gasteiger partial charge in [-0.05, 0) is 60.2 Å². The second-order valence-corrected chi connectivity index (χ2v) is 9.78. The Morgan fingerprint density at radius 1 is 1.03 bits per heavy atom. The lowest BCUT2D eigenvalue weighted by Crippen LogP contribution is -2.27. The first kappa shape index (κ1) is 23.9. The van der Waals surface area contributed by atoms with Crippen LogP contribution in [0.25, 0.3) is 17.0 Å². The molecule has 0 saturated carbocycles. The van der Waals surface area contributed by atoms with Crippen molar-refractivity contribution in [3.8, 4) is 6.07 Å². The van der Waals surface area contributed by atoms with Gasteiger partial charge in [-0.15, -0.1) is 0 Å². The van der Waals surface area contributed by atoms with Crippen molar-refractivity contribution in [1.29, 1.82) is 5.26 Å². The number of imide groups is 1. The van der Waals surface area contributed by atoms with Crippen molar-refractivity contribution in [2.24, 2.45) is 0 Å². The van der Waals surface area contributed by atoms with Gasteiger partial charge in [-0.1, -0.05) is 54.1 Å². The van der Waals surface area contributed by atoms with Crippen LogP contribution in [-0.2, 0) is 17.9 Å². The fourth-order valence-corrected chi connectivity index (χ4v) is 5.42. The second-order valence-electron chi connectivity index (χ2n) is 8.37. The summed E-state index contributed by atoms with van der Waals surface area (Å²) in [5.41, 5.74) is 4.71. The number of nitrogens with zero attached hydrogens (tertiary/aromatic N) is 3. The molecule has 5 nitrogen and oxygen atoms in total. The average Bonchev–Trinajstić information content (AvgIpc) is 3.29. The molecule has 0 radical (unpaired) electrons. The number of hydrogen-bond acceptors (Lipinski definition) is 4. The summed E-state index contributed by atoms with van der Waals surface area (Å²) in [5, 5.41) is 10.2. The van der Waals surface area contributed by atoms with Crippen molar-refractivity contribution in [3.05, 3.63) is 110 Å². The quantitative estimate of drug-likeness (QED) is 0.271. The van der Waals surface area contributed by atoms with Gasteiger partial charge in [0.1, 0.15) is 5.82 Å². The van der Waals surface area contributed by atoms with Gasteiger partial charge in [0, 0.05) is 33.7 Å². The average molecular weight is 516 g/mol. The Bertz CT molecular complexity index is 1620. The Morgan fingerprint density at radius 3 is 2.56 bits per heavy atom. The second kappa shape index (κ2) is 9.65. The van der Waals surface area contributed by atoms with E-state index in [0.29, 0.717) is 22.6 Å². The standard InChI is InChI=1S/C28H19ClFN3O2S/c1-17-23(13-26-27(34)33(28(35)36-26)16-20-10-11-21(30)12-24(20)29)22-8-4-5-9-25(22)32(17)15-19-7-3-2-6-18(19)14-31/h2-13H,15-16H2,1H3/b26-13+. The molecule has 1 fully saturated rings. The zero-order valence-electron chi connectivity index (χ0n) is 19.2. The topological polar surface area (TPSA) is 66.1 Å². The first-order valence-electron chi connectivity index (χ1n) is 11.1. The van der Waals surface area contributed by atoms with E-state index in [0.717, 1.165) is 50.5 Å². The Kier molecular flexibility index (Phi) is 6.40. The highest BCUT2D eigenvalue weighted by molar-refractivity contribution is 8.18. The van der Waals surface area contributed by atoms with Gasteiger partial charge in [-0.3, -0.25) is 14.5 Å². The number of fused-ring (bicyclic) bond motifs is 1. The lowest BCUT2D eigenvalue weighted by atomic mass is 10.1. The van der Waals surface area contributed by atoms with Crippen molar-refractivity contribution >= 4 is 51.5 Å². The third-order valence-electron chi connectivity index (χ3n) is 6.24. The van der Waals surface area contributed by atoms with Gasteiger partial charge in [0.05, 0.1) is 23.1 Å². The lowest BCUT2D eigenvalue weighted by molar-refractivity contribution is -0.123. The van der Waals surface area contributed by atoms with Gasteiger partial charge in [-0.2, -0.15) is 5.26 Å². The molecule has 1 aromatic heterocycles. The minimum absolute atomic E-state index is 0.0349. The number of thioether (sulfide) groups is 1. The molecule has 36 heavy (non-hydrogen) atoms. The molecule has 2 heterocycles. The highest BCUT2D eigenvalue weighted by Crippen LogP contribution is 2.37. The molecule has 178 valence electrons. The van der Waals surface area contributed by atoms with Crippen LogP contribution in [0, 0.1) is 24.1 Å².